The molecule has 0 aliphatic carbocycles. The molecular formula is C21H27N7O2S. The fourth-order valence-electron chi connectivity index (χ4n) is 3.73. The Morgan fingerprint density at radius 3 is 2.84 bits per heavy atom. The molecule has 1 saturated heterocycles. The predicted molar refractivity (Wildman–Crippen MR) is 121 cm³/mol. The fourth-order valence-corrected chi connectivity index (χ4v) is 4.42. The molecule has 164 valence electrons. The van der Waals surface area contributed by atoms with Crippen LogP contribution in [0.3, 0.4) is 0 Å². The zero-order valence-electron chi connectivity index (χ0n) is 18.0. The average Bonchev–Trinajstić information content (AvgIpc) is 3.23. The number of nitrogens with zero attached hydrogens (tertiary/aromatic N) is 6. The number of fused-ring (bicyclic) bond motifs is 1. The minimum Gasteiger partial charge on any atom is -0.383 e. The zero-order valence-corrected chi connectivity index (χ0v) is 18.9. The van der Waals surface area contributed by atoms with Crippen LogP contribution in [0.2, 0.25) is 0 Å². The van der Waals surface area contributed by atoms with Gasteiger partial charge >= 0.3 is 6.03 Å². The number of carbonyl (C=O) groups excluding carboxylic acids is 1. The molecular weight excluding hydrogens is 414 g/mol. The van der Waals surface area contributed by atoms with E-state index in [9.17, 15) is 4.79 Å². The van der Waals surface area contributed by atoms with Crippen molar-refractivity contribution in [3.63, 3.8) is 0 Å². The normalized spacial score (nSPS) is 15.0. The van der Waals surface area contributed by atoms with Crippen molar-refractivity contribution in [3.8, 4) is 10.6 Å². The van der Waals surface area contributed by atoms with Gasteiger partial charge in [-0.15, -0.1) is 10.2 Å². The van der Waals surface area contributed by atoms with Crippen LogP contribution in [0.4, 0.5) is 10.7 Å². The molecule has 0 unspecified atom stereocenters. The van der Waals surface area contributed by atoms with Gasteiger partial charge in [-0.25, -0.2) is 14.8 Å². The number of hydrogen-bond acceptors (Lipinski definition) is 8. The van der Waals surface area contributed by atoms with E-state index >= 15 is 0 Å². The molecule has 1 aliphatic rings. The highest BCUT2D eigenvalue weighted by Crippen LogP contribution is 2.26. The minimum absolute atomic E-state index is 0.159. The highest BCUT2D eigenvalue weighted by Gasteiger charge is 2.25. The molecule has 0 radical (unpaired) electrons. The lowest BCUT2D eigenvalue weighted by molar-refractivity contribution is 0.106. The lowest BCUT2D eigenvalue weighted by atomic mass is 10.0. The largest absolute Gasteiger partial charge is 0.383 e. The molecule has 1 N–H and O–H groups in total. The van der Waals surface area contributed by atoms with E-state index < -0.39 is 0 Å². The summed E-state index contributed by atoms with van der Waals surface area (Å²) >= 11 is 1.54. The van der Waals surface area contributed by atoms with Gasteiger partial charge in [-0.1, -0.05) is 23.5 Å². The van der Waals surface area contributed by atoms with Crippen LogP contribution in [-0.4, -0.2) is 82.4 Å². The quantitative estimate of drug-likeness (QED) is 0.628. The number of methoxy groups -OCH3 is 1. The number of ether oxygens (including phenoxy) is 1. The highest BCUT2D eigenvalue weighted by atomic mass is 32.1. The topological polar surface area (TPSA) is 96.4 Å². The Morgan fingerprint density at radius 2 is 2.13 bits per heavy atom. The molecule has 1 fully saturated rings. The first-order chi connectivity index (χ1) is 15.0. The van der Waals surface area contributed by atoms with E-state index in [1.165, 1.54) is 11.3 Å². The Kier molecular flexibility index (Phi) is 6.69. The van der Waals surface area contributed by atoms with Crippen LogP contribution < -0.4 is 5.32 Å². The first kappa shape index (κ1) is 21.5. The molecule has 0 bridgehead atoms. The first-order valence-electron chi connectivity index (χ1n) is 10.4. The van der Waals surface area contributed by atoms with E-state index in [0.29, 0.717) is 25.1 Å². The number of likely N-dealkylation sites (N-methyl/N-ethyl adjacent to an activating group) is 1. The number of aromatic nitrogens is 4. The molecule has 10 heteroatoms. The smallest absolute Gasteiger partial charge is 0.324 e. The van der Waals surface area contributed by atoms with E-state index in [1.54, 1.807) is 13.3 Å². The number of nitrogens with one attached hydrogen (secondary N) is 1. The van der Waals surface area contributed by atoms with Gasteiger partial charge in [-0.2, -0.15) is 0 Å². The van der Waals surface area contributed by atoms with Crippen LogP contribution in [0, 0.1) is 6.92 Å². The van der Waals surface area contributed by atoms with Crippen molar-refractivity contribution >= 4 is 34.2 Å². The molecule has 3 heterocycles. The van der Waals surface area contributed by atoms with Crippen molar-refractivity contribution in [2.24, 2.45) is 0 Å². The monoisotopic (exact) mass is 441 g/mol. The van der Waals surface area contributed by atoms with Crippen LogP contribution in [0.15, 0.2) is 24.4 Å². The standard InChI is InChI=1S/C21H27N7O2S/c1-14-25-26-19(31-14)15-4-5-16-13-22-20(23-18(16)12-15)24-21(29)28-8-6-17(7-9-28)27(2)10-11-30-3/h4-5,12-13,17H,6-11H2,1-3H3,(H,22,23,24,29). The first-order valence-corrected chi connectivity index (χ1v) is 11.2. The van der Waals surface area contributed by atoms with Crippen molar-refractivity contribution in [2.75, 3.05) is 45.7 Å². The van der Waals surface area contributed by atoms with Crippen LogP contribution in [-0.2, 0) is 4.74 Å². The van der Waals surface area contributed by atoms with Crippen molar-refractivity contribution in [1.82, 2.24) is 30.0 Å². The lowest BCUT2D eigenvalue weighted by Crippen LogP contribution is -2.47. The Morgan fingerprint density at radius 1 is 1.32 bits per heavy atom. The number of piperidine rings is 1. The summed E-state index contributed by atoms with van der Waals surface area (Å²) in [6.07, 6.45) is 3.61. The van der Waals surface area contributed by atoms with Crippen LogP contribution in [0.1, 0.15) is 17.8 Å². The molecule has 0 saturated carbocycles. The Hall–Kier alpha value is -2.69. The Balaban J connectivity index is 1.39. The second-order valence-electron chi connectivity index (χ2n) is 7.72. The van der Waals surface area contributed by atoms with Gasteiger partial charge in [0.15, 0.2) is 0 Å². The molecule has 3 aromatic rings. The maximum atomic E-state index is 12.7. The van der Waals surface area contributed by atoms with Crippen molar-refractivity contribution < 1.29 is 9.53 Å². The molecule has 31 heavy (non-hydrogen) atoms. The lowest BCUT2D eigenvalue weighted by Gasteiger charge is -2.36. The third kappa shape index (κ3) is 5.15. The van der Waals surface area contributed by atoms with Gasteiger partial charge in [0.2, 0.25) is 5.95 Å². The number of hydrogen-bond donors (Lipinski definition) is 1. The number of aryl methyl sites for hydroxylation is 1. The Bertz CT molecular complexity index is 1050. The molecule has 4 rings (SSSR count). The zero-order chi connectivity index (χ0) is 21.8. The molecule has 1 aliphatic heterocycles. The van der Waals surface area contributed by atoms with E-state index in [0.717, 1.165) is 52.5 Å². The molecule has 1 aromatic carbocycles. The second kappa shape index (κ2) is 9.63. The minimum atomic E-state index is -0.159. The molecule has 9 nitrogen and oxygen atoms in total. The van der Waals surface area contributed by atoms with Crippen LogP contribution in [0.25, 0.3) is 21.5 Å². The summed E-state index contributed by atoms with van der Waals surface area (Å²) in [5, 5.41) is 13.8. The number of urea groups is 1. The Labute approximate surface area is 185 Å². The second-order valence-corrected chi connectivity index (χ2v) is 8.90. The summed E-state index contributed by atoms with van der Waals surface area (Å²) < 4.78 is 5.16. The summed E-state index contributed by atoms with van der Waals surface area (Å²) in [4.78, 5) is 25.7. The highest BCUT2D eigenvalue weighted by molar-refractivity contribution is 7.14. The van der Waals surface area contributed by atoms with Gasteiger partial charge in [-0.3, -0.25) is 5.32 Å². The summed E-state index contributed by atoms with van der Waals surface area (Å²) in [6.45, 7) is 4.97. The maximum Gasteiger partial charge on any atom is 0.324 e. The predicted octanol–water partition coefficient (Wildman–Crippen LogP) is 3.03. The number of likely N-dealkylation sites (tertiary alicyclic amines) is 1. The van der Waals surface area contributed by atoms with Crippen molar-refractivity contribution in [3.05, 3.63) is 29.4 Å². The van der Waals surface area contributed by atoms with E-state index in [1.807, 2.05) is 30.0 Å². The van der Waals surface area contributed by atoms with E-state index in [4.69, 9.17) is 4.74 Å². The SMILES string of the molecule is COCCN(C)C1CCN(C(=O)Nc2ncc3ccc(-c4nnc(C)s4)cc3n2)CC1. The number of rotatable bonds is 6. The third-order valence-corrected chi connectivity index (χ3v) is 6.49. The van der Waals surface area contributed by atoms with E-state index in [-0.39, 0.29) is 6.03 Å². The van der Waals surface area contributed by atoms with Gasteiger partial charge in [0, 0.05) is 49.9 Å². The summed E-state index contributed by atoms with van der Waals surface area (Å²) in [5.41, 5.74) is 1.71. The van der Waals surface area contributed by atoms with E-state index in [2.05, 4.69) is 37.4 Å². The molecule has 0 spiro atoms. The summed E-state index contributed by atoms with van der Waals surface area (Å²) in [6, 6.07) is 6.20. The molecule has 2 aromatic heterocycles. The number of carbonyl (C=O) groups is 1. The van der Waals surface area contributed by atoms with Crippen molar-refractivity contribution in [1.29, 1.82) is 0 Å². The molecule has 2 amide bonds. The third-order valence-electron chi connectivity index (χ3n) is 5.60. The van der Waals surface area contributed by atoms with Gasteiger partial charge < -0.3 is 14.5 Å². The van der Waals surface area contributed by atoms with Gasteiger partial charge in [0.25, 0.3) is 0 Å². The fraction of sp³-hybridized carbons (Fsp3) is 0.476. The number of anilines is 1. The summed E-state index contributed by atoms with van der Waals surface area (Å²) in [7, 11) is 3.83. The molecule has 0 atom stereocenters. The maximum absolute atomic E-state index is 12.7. The van der Waals surface area contributed by atoms with Crippen molar-refractivity contribution in [2.45, 2.75) is 25.8 Å². The van der Waals surface area contributed by atoms with Gasteiger partial charge in [0.1, 0.15) is 10.0 Å². The van der Waals surface area contributed by atoms with Crippen LogP contribution >= 0.6 is 11.3 Å². The average molecular weight is 442 g/mol. The number of benzene rings is 1. The van der Waals surface area contributed by atoms with Gasteiger partial charge in [0.05, 0.1) is 12.1 Å². The number of amides is 2. The summed E-state index contributed by atoms with van der Waals surface area (Å²) in [5.74, 6) is 0.308. The van der Waals surface area contributed by atoms with Gasteiger partial charge in [-0.05, 0) is 32.9 Å². The van der Waals surface area contributed by atoms with Crippen LogP contribution in [0.5, 0.6) is 0 Å².